The van der Waals surface area contributed by atoms with Crippen LogP contribution in [-0.2, 0) is 21.7 Å². The van der Waals surface area contributed by atoms with Crippen molar-refractivity contribution in [1.82, 2.24) is 0 Å². The summed E-state index contributed by atoms with van der Waals surface area (Å²) >= 11 is 0. The van der Waals surface area contributed by atoms with Crippen molar-refractivity contribution in [1.29, 1.82) is 0 Å². The monoisotopic (exact) mass is 844 g/mol. The van der Waals surface area contributed by atoms with Gasteiger partial charge in [-0.2, -0.15) is 0 Å². The molecule has 0 spiro atoms. The van der Waals surface area contributed by atoms with Crippen molar-refractivity contribution in [3.63, 3.8) is 0 Å². The first-order valence-electron chi connectivity index (χ1n) is 23.9. The molecule has 1 fully saturated rings. The van der Waals surface area contributed by atoms with Crippen LogP contribution in [0.15, 0.2) is 115 Å². The summed E-state index contributed by atoms with van der Waals surface area (Å²) in [6.07, 6.45) is 4.87. The predicted molar refractivity (Wildman–Crippen MR) is 276 cm³/mol. The van der Waals surface area contributed by atoms with Crippen LogP contribution in [0.4, 0.5) is 45.5 Å². The Morgan fingerprint density at radius 1 is 0.476 bits per heavy atom. The lowest BCUT2D eigenvalue weighted by atomic mass is 9.33. The van der Waals surface area contributed by atoms with Gasteiger partial charge in [0.05, 0.1) is 5.54 Å². The fourth-order valence-electron chi connectivity index (χ4n) is 12.8. The number of anilines is 8. The van der Waals surface area contributed by atoms with Gasteiger partial charge < -0.3 is 14.7 Å². The number of benzene rings is 6. The highest BCUT2D eigenvalue weighted by Crippen LogP contribution is 2.62. The molecular formula is C58H66BN3Si. The molecule has 2 unspecified atom stereocenters. The van der Waals surface area contributed by atoms with Crippen LogP contribution in [0.1, 0.15) is 124 Å². The maximum atomic E-state index is 2.82. The second kappa shape index (κ2) is 13.1. The first-order chi connectivity index (χ1) is 29.6. The van der Waals surface area contributed by atoms with Gasteiger partial charge >= 0.3 is 0 Å². The fourth-order valence-corrected chi connectivity index (χ4v) is 16.0. The summed E-state index contributed by atoms with van der Waals surface area (Å²) in [5, 5.41) is 3.14. The molecule has 0 aromatic heterocycles. The Balaban J connectivity index is 1.25. The highest BCUT2D eigenvalue weighted by Gasteiger charge is 2.59. The van der Waals surface area contributed by atoms with Gasteiger partial charge in [-0.05, 0) is 129 Å². The van der Waals surface area contributed by atoms with E-state index in [0.717, 1.165) is 6.42 Å². The molecule has 63 heavy (non-hydrogen) atoms. The van der Waals surface area contributed by atoms with Crippen molar-refractivity contribution in [3.05, 3.63) is 138 Å². The van der Waals surface area contributed by atoms with Gasteiger partial charge in [-0.1, -0.05) is 166 Å². The molecule has 11 rings (SSSR count). The SMILES string of the molecule is CC(C)(C)c1ccc(N2c3cc(N4c5ccc(C(C)(C)C)cc5C5(C)CCCCC45C)cc4c3B3c5c2cccc5[Si](C)(C)c2cccc(c23)N4c2ccc(C(C)(C)C)cc2)cc1. The van der Waals surface area contributed by atoms with Crippen LogP contribution in [0.2, 0.25) is 13.1 Å². The van der Waals surface area contributed by atoms with Crippen LogP contribution in [0.25, 0.3) is 0 Å². The molecule has 1 aliphatic carbocycles. The standard InChI is InChI=1S/C58H66BN3Si/c1-54(2,3)37-22-27-40(28-23-37)60-45-18-16-20-49-52(45)59-51-47(60)35-42(62-44-31-26-39(56(7,8)9)34-43(44)57(10)32-14-15-33-58(57,62)11)36-48(51)61(41-29-24-38(25-30-41)55(4,5)6)46-19-17-21-50(53(46)59)63(49,12)13/h16-31,34-36H,14-15,32-33H2,1-13H3. The first-order valence-corrected chi connectivity index (χ1v) is 26.9. The molecule has 5 aliphatic rings. The zero-order chi connectivity index (χ0) is 44.4. The van der Waals surface area contributed by atoms with E-state index in [1.54, 1.807) is 10.4 Å². The number of hydrogen-bond acceptors (Lipinski definition) is 3. The van der Waals surface area contributed by atoms with Gasteiger partial charge in [0.15, 0.2) is 0 Å². The van der Waals surface area contributed by atoms with E-state index in [2.05, 4.69) is 219 Å². The van der Waals surface area contributed by atoms with Crippen LogP contribution < -0.4 is 41.5 Å². The molecule has 4 heterocycles. The van der Waals surface area contributed by atoms with E-state index < -0.39 is 8.07 Å². The molecule has 320 valence electrons. The third kappa shape index (κ3) is 5.57. The van der Waals surface area contributed by atoms with Gasteiger partial charge in [-0.25, -0.2) is 0 Å². The van der Waals surface area contributed by atoms with Crippen molar-refractivity contribution in [2.75, 3.05) is 14.7 Å². The Hall–Kier alpha value is -5.00. The zero-order valence-corrected chi connectivity index (χ0v) is 41.2. The largest absolute Gasteiger partial charge is 0.334 e. The second-order valence-corrected chi connectivity index (χ2v) is 28.2. The summed E-state index contributed by atoms with van der Waals surface area (Å²) < 4.78 is 0. The minimum Gasteiger partial charge on any atom is -0.334 e. The van der Waals surface area contributed by atoms with Crippen LogP contribution in [0.5, 0.6) is 0 Å². The Morgan fingerprint density at radius 2 is 0.937 bits per heavy atom. The Labute approximate surface area is 379 Å². The van der Waals surface area contributed by atoms with E-state index in [1.807, 2.05) is 0 Å². The van der Waals surface area contributed by atoms with E-state index in [-0.39, 0.29) is 33.9 Å². The summed E-state index contributed by atoms with van der Waals surface area (Å²) in [5.74, 6) is 0. The summed E-state index contributed by atoms with van der Waals surface area (Å²) in [6, 6.07) is 46.4. The number of rotatable bonds is 3. The lowest BCUT2D eigenvalue weighted by Crippen LogP contribution is -2.79. The summed E-state index contributed by atoms with van der Waals surface area (Å²) in [7, 11) is -2.13. The minimum absolute atomic E-state index is 0.0164. The average molecular weight is 844 g/mol. The lowest BCUT2D eigenvalue weighted by molar-refractivity contribution is 0.195. The third-order valence-electron chi connectivity index (χ3n) is 16.7. The second-order valence-electron chi connectivity index (χ2n) is 23.8. The molecule has 4 aliphatic heterocycles. The Morgan fingerprint density at radius 3 is 1.41 bits per heavy atom. The van der Waals surface area contributed by atoms with E-state index in [0.29, 0.717) is 0 Å². The molecule has 1 saturated carbocycles. The first kappa shape index (κ1) is 40.8. The smallest absolute Gasteiger partial charge is 0.251 e. The van der Waals surface area contributed by atoms with Gasteiger partial charge in [-0.3, -0.25) is 0 Å². The third-order valence-corrected chi connectivity index (χ3v) is 20.2. The van der Waals surface area contributed by atoms with Crippen LogP contribution in [-0.4, -0.2) is 20.3 Å². The predicted octanol–water partition coefficient (Wildman–Crippen LogP) is 12.5. The van der Waals surface area contributed by atoms with Crippen LogP contribution >= 0.6 is 0 Å². The molecule has 0 amide bonds. The van der Waals surface area contributed by atoms with Gasteiger partial charge in [0, 0.05) is 50.9 Å². The highest BCUT2D eigenvalue weighted by molar-refractivity contribution is 7.16. The Bertz CT molecular complexity index is 2730. The normalized spacial score (nSPS) is 21.6. The summed E-state index contributed by atoms with van der Waals surface area (Å²) in [4.78, 5) is 8.15. The zero-order valence-electron chi connectivity index (χ0n) is 40.2. The molecule has 0 radical (unpaired) electrons. The van der Waals surface area contributed by atoms with Gasteiger partial charge in [0.1, 0.15) is 8.07 Å². The molecule has 2 atom stereocenters. The lowest BCUT2D eigenvalue weighted by Gasteiger charge is -2.52. The molecule has 0 bridgehead atoms. The highest BCUT2D eigenvalue weighted by atomic mass is 28.3. The molecule has 6 aromatic carbocycles. The Kier molecular flexibility index (Phi) is 8.45. The quantitative estimate of drug-likeness (QED) is 0.164. The van der Waals surface area contributed by atoms with Crippen molar-refractivity contribution >= 4 is 87.0 Å². The number of nitrogens with zero attached hydrogens (tertiary/aromatic N) is 3. The van der Waals surface area contributed by atoms with Crippen LogP contribution in [0, 0.1) is 0 Å². The molecular weight excluding hydrogens is 778 g/mol. The summed E-state index contributed by atoms with van der Waals surface area (Å²) in [5.41, 5.74) is 20.7. The molecule has 6 aromatic rings. The average Bonchev–Trinajstić information content (AvgIpc) is 3.44. The number of hydrogen-bond donors (Lipinski definition) is 0. The molecule has 0 N–H and O–H groups in total. The minimum atomic E-state index is -2.13. The van der Waals surface area contributed by atoms with Crippen LogP contribution in [0.3, 0.4) is 0 Å². The number of fused-ring (bicyclic) bond motifs is 3. The van der Waals surface area contributed by atoms with E-state index in [1.165, 1.54) is 103 Å². The van der Waals surface area contributed by atoms with E-state index >= 15 is 0 Å². The van der Waals surface area contributed by atoms with Gasteiger partial charge in [-0.15, -0.1) is 0 Å². The fraction of sp³-hybridized carbons (Fsp3) is 0.379. The van der Waals surface area contributed by atoms with Crippen molar-refractivity contribution in [3.8, 4) is 0 Å². The van der Waals surface area contributed by atoms with Crippen molar-refractivity contribution in [2.24, 2.45) is 0 Å². The maximum absolute atomic E-state index is 2.82. The van der Waals surface area contributed by atoms with Gasteiger partial charge in [0.25, 0.3) is 6.71 Å². The summed E-state index contributed by atoms with van der Waals surface area (Å²) in [6.45, 7) is 31.5. The molecule has 5 heteroatoms. The molecule has 3 nitrogen and oxygen atoms in total. The van der Waals surface area contributed by atoms with E-state index in [9.17, 15) is 0 Å². The van der Waals surface area contributed by atoms with E-state index in [4.69, 9.17) is 0 Å². The molecule has 0 saturated heterocycles. The maximum Gasteiger partial charge on any atom is 0.251 e. The van der Waals surface area contributed by atoms with Crippen molar-refractivity contribution in [2.45, 2.75) is 142 Å². The van der Waals surface area contributed by atoms with Crippen molar-refractivity contribution < 1.29 is 0 Å². The topological polar surface area (TPSA) is 9.72 Å². The van der Waals surface area contributed by atoms with Gasteiger partial charge in [0.2, 0.25) is 0 Å².